The van der Waals surface area contributed by atoms with Gasteiger partial charge < -0.3 is 26.0 Å². The molecule has 0 atom stereocenters. The molecule has 0 aromatic carbocycles. The number of primary amides is 2. The molecule has 0 aliphatic carbocycles. The van der Waals surface area contributed by atoms with Crippen LogP contribution >= 0.6 is 0 Å². The van der Waals surface area contributed by atoms with Crippen molar-refractivity contribution in [3.63, 3.8) is 0 Å². The number of rotatable bonds is 4. The molecule has 0 rings (SSSR count). The number of ether oxygens (including phenoxy) is 2. The summed E-state index contributed by atoms with van der Waals surface area (Å²) in [6.45, 7) is -0.661. The number of aliphatic hydroxyl groups excluding tert-OH is 1. The third-order valence-corrected chi connectivity index (χ3v) is 0.836. The number of hydrogen-bond donors (Lipinski definition) is 3. The van der Waals surface area contributed by atoms with Gasteiger partial charge in [-0.05, 0) is 0 Å². The Morgan fingerprint density at radius 1 is 1.17 bits per heavy atom. The predicted molar refractivity (Wildman–Crippen MR) is 37.1 cm³/mol. The van der Waals surface area contributed by atoms with Crippen LogP contribution in [0, 0.1) is 0 Å². The zero-order valence-corrected chi connectivity index (χ0v) is 6.23. The maximum absolute atomic E-state index is 10.00. The Hall–Kier alpha value is -1.50. The van der Waals surface area contributed by atoms with Crippen LogP contribution in [0.1, 0.15) is 0 Å². The van der Waals surface area contributed by atoms with Crippen LogP contribution in [0.25, 0.3) is 0 Å². The van der Waals surface area contributed by atoms with E-state index in [-0.39, 0.29) is 13.2 Å². The third kappa shape index (κ3) is 6.62. The van der Waals surface area contributed by atoms with Crippen molar-refractivity contribution in [2.24, 2.45) is 11.5 Å². The average molecular weight is 178 g/mol. The summed E-state index contributed by atoms with van der Waals surface area (Å²) in [7, 11) is 0. The van der Waals surface area contributed by atoms with Gasteiger partial charge in [-0.15, -0.1) is 0 Å². The molecule has 0 heterocycles. The first-order valence-electron chi connectivity index (χ1n) is 3.05. The minimum Gasteiger partial charge on any atom is -0.447 e. The van der Waals surface area contributed by atoms with E-state index in [1.165, 1.54) is 0 Å². The van der Waals surface area contributed by atoms with Crippen molar-refractivity contribution >= 4 is 12.2 Å². The Balaban J connectivity index is 3.39. The highest BCUT2D eigenvalue weighted by Crippen LogP contribution is 1.87. The van der Waals surface area contributed by atoms with Gasteiger partial charge in [-0.3, -0.25) is 0 Å². The van der Waals surface area contributed by atoms with Crippen molar-refractivity contribution in [2.45, 2.75) is 6.10 Å². The van der Waals surface area contributed by atoms with Gasteiger partial charge >= 0.3 is 12.2 Å². The van der Waals surface area contributed by atoms with E-state index in [1.807, 2.05) is 0 Å². The zero-order chi connectivity index (χ0) is 9.56. The van der Waals surface area contributed by atoms with Crippen molar-refractivity contribution in [3.05, 3.63) is 0 Å². The molecular weight excluding hydrogens is 168 g/mol. The Morgan fingerprint density at radius 3 is 1.75 bits per heavy atom. The minimum absolute atomic E-state index is 0.331. The minimum atomic E-state index is -1.11. The Morgan fingerprint density at radius 2 is 1.50 bits per heavy atom. The number of carbonyl (C=O) groups is 2. The molecule has 7 heteroatoms. The van der Waals surface area contributed by atoms with Crippen molar-refractivity contribution in [1.29, 1.82) is 0 Å². The molecule has 0 saturated heterocycles. The molecule has 0 aliphatic heterocycles. The Labute approximate surface area is 68.2 Å². The van der Waals surface area contributed by atoms with Gasteiger partial charge in [0.2, 0.25) is 0 Å². The van der Waals surface area contributed by atoms with E-state index in [9.17, 15) is 9.59 Å². The quantitative estimate of drug-likeness (QED) is 0.485. The lowest BCUT2D eigenvalue weighted by molar-refractivity contribution is 0.0271. The number of aliphatic hydroxyl groups is 1. The van der Waals surface area contributed by atoms with Gasteiger partial charge in [0.15, 0.2) is 0 Å². The summed E-state index contributed by atoms with van der Waals surface area (Å²) in [4.78, 5) is 20.0. The standard InChI is InChI=1S/C5H10N2O5/c6-4(9)11-1-3(8)2-12-5(7)10/h3,8H,1-2H2,(H2,6,9)(H2,7,10). The van der Waals surface area contributed by atoms with Crippen molar-refractivity contribution in [2.75, 3.05) is 13.2 Å². The van der Waals surface area contributed by atoms with Crippen molar-refractivity contribution in [1.82, 2.24) is 0 Å². The van der Waals surface area contributed by atoms with Crippen LogP contribution < -0.4 is 11.5 Å². The normalized spacial score (nSPS) is 9.50. The first-order valence-corrected chi connectivity index (χ1v) is 3.05. The molecule has 12 heavy (non-hydrogen) atoms. The van der Waals surface area contributed by atoms with Gasteiger partial charge in [-0.2, -0.15) is 0 Å². The van der Waals surface area contributed by atoms with Crippen molar-refractivity contribution in [3.8, 4) is 0 Å². The monoisotopic (exact) mass is 178 g/mol. The highest BCUT2D eigenvalue weighted by molar-refractivity contribution is 5.65. The molecule has 0 unspecified atom stereocenters. The molecule has 70 valence electrons. The summed E-state index contributed by atoms with van der Waals surface area (Å²) in [6, 6.07) is 0. The van der Waals surface area contributed by atoms with E-state index in [2.05, 4.69) is 20.9 Å². The summed E-state index contributed by atoms with van der Waals surface area (Å²) >= 11 is 0. The van der Waals surface area contributed by atoms with Crippen LogP contribution in [0.2, 0.25) is 0 Å². The van der Waals surface area contributed by atoms with E-state index in [1.54, 1.807) is 0 Å². The molecule has 0 aliphatic rings. The summed E-state index contributed by atoms with van der Waals surface area (Å²) < 4.78 is 8.39. The number of amides is 2. The fraction of sp³-hybridized carbons (Fsp3) is 0.600. The maximum Gasteiger partial charge on any atom is 0.404 e. The first-order chi connectivity index (χ1) is 5.52. The smallest absolute Gasteiger partial charge is 0.404 e. The zero-order valence-electron chi connectivity index (χ0n) is 6.23. The van der Waals surface area contributed by atoms with Gasteiger partial charge in [0.1, 0.15) is 19.3 Å². The van der Waals surface area contributed by atoms with Gasteiger partial charge in [0.25, 0.3) is 0 Å². The summed E-state index contributed by atoms with van der Waals surface area (Å²) in [5.74, 6) is 0. The topological polar surface area (TPSA) is 125 Å². The van der Waals surface area contributed by atoms with Crippen LogP contribution in [0.5, 0.6) is 0 Å². The summed E-state index contributed by atoms with van der Waals surface area (Å²) in [6.07, 6.45) is -3.12. The maximum atomic E-state index is 10.00. The molecule has 0 fully saturated rings. The number of carbonyl (C=O) groups excluding carboxylic acids is 2. The lowest BCUT2D eigenvalue weighted by Gasteiger charge is -2.08. The molecule has 0 aromatic rings. The second kappa shape index (κ2) is 5.19. The average Bonchev–Trinajstić information content (AvgIpc) is 1.96. The molecule has 0 bridgehead atoms. The highest BCUT2D eigenvalue weighted by atomic mass is 16.6. The summed E-state index contributed by atoms with van der Waals surface area (Å²) in [5.41, 5.74) is 9.18. The SMILES string of the molecule is NC(=O)OCC(O)COC(N)=O. The molecule has 2 amide bonds. The molecule has 5 N–H and O–H groups in total. The van der Waals surface area contributed by atoms with E-state index < -0.39 is 18.3 Å². The van der Waals surface area contributed by atoms with Gasteiger partial charge in [-0.25, -0.2) is 9.59 Å². The van der Waals surface area contributed by atoms with Gasteiger partial charge in [0.05, 0.1) is 0 Å². The Bertz CT molecular complexity index is 153. The van der Waals surface area contributed by atoms with Crippen LogP contribution in [-0.4, -0.2) is 36.6 Å². The predicted octanol–water partition coefficient (Wildman–Crippen LogP) is -1.46. The third-order valence-electron chi connectivity index (χ3n) is 0.836. The number of nitrogens with two attached hydrogens (primary N) is 2. The largest absolute Gasteiger partial charge is 0.447 e. The lowest BCUT2D eigenvalue weighted by Crippen LogP contribution is -2.28. The van der Waals surface area contributed by atoms with E-state index in [4.69, 9.17) is 5.11 Å². The van der Waals surface area contributed by atoms with Crippen molar-refractivity contribution < 1.29 is 24.2 Å². The molecule has 0 saturated carbocycles. The van der Waals surface area contributed by atoms with Crippen LogP contribution in [-0.2, 0) is 9.47 Å². The molecular formula is C5H10N2O5. The Kier molecular flexibility index (Phi) is 4.54. The fourth-order valence-electron chi connectivity index (χ4n) is 0.405. The summed E-state index contributed by atoms with van der Waals surface area (Å²) in [5, 5.41) is 8.88. The van der Waals surface area contributed by atoms with Crippen LogP contribution in [0.15, 0.2) is 0 Å². The molecule has 0 spiro atoms. The molecule has 0 radical (unpaired) electrons. The van der Waals surface area contributed by atoms with E-state index in [0.29, 0.717) is 0 Å². The van der Waals surface area contributed by atoms with Crippen LogP contribution in [0.3, 0.4) is 0 Å². The van der Waals surface area contributed by atoms with Gasteiger partial charge in [-0.1, -0.05) is 0 Å². The number of hydrogen-bond acceptors (Lipinski definition) is 5. The molecule has 0 aromatic heterocycles. The van der Waals surface area contributed by atoms with E-state index >= 15 is 0 Å². The molecule has 7 nitrogen and oxygen atoms in total. The highest BCUT2D eigenvalue weighted by Gasteiger charge is 2.07. The second-order valence-electron chi connectivity index (χ2n) is 1.91. The lowest BCUT2D eigenvalue weighted by atomic mass is 10.4. The van der Waals surface area contributed by atoms with Gasteiger partial charge in [0, 0.05) is 0 Å². The van der Waals surface area contributed by atoms with E-state index in [0.717, 1.165) is 0 Å². The first kappa shape index (κ1) is 10.5. The van der Waals surface area contributed by atoms with Crippen LogP contribution in [0.4, 0.5) is 9.59 Å². The second-order valence-corrected chi connectivity index (χ2v) is 1.91. The fourth-order valence-corrected chi connectivity index (χ4v) is 0.405.